The summed E-state index contributed by atoms with van der Waals surface area (Å²) in [4.78, 5) is 32.2. The van der Waals surface area contributed by atoms with Crippen LogP contribution in [0.1, 0.15) is 55.2 Å². The van der Waals surface area contributed by atoms with Crippen molar-refractivity contribution < 1.29 is 19.4 Å². The Balaban J connectivity index is 1.75. The molecule has 6 nitrogen and oxygen atoms in total. The molecule has 0 bridgehead atoms. The van der Waals surface area contributed by atoms with Gasteiger partial charge in [-0.05, 0) is 34.6 Å². The van der Waals surface area contributed by atoms with Crippen LogP contribution in [0.5, 0.6) is 0 Å². The zero-order valence-electron chi connectivity index (χ0n) is 21.6. The molecule has 6 heteroatoms. The van der Waals surface area contributed by atoms with Crippen molar-refractivity contribution in [1.82, 2.24) is 9.88 Å². The smallest absolute Gasteiger partial charge is 0.408 e. The topological polar surface area (TPSA) is 82.6 Å². The molecule has 37 heavy (non-hydrogen) atoms. The molecule has 1 saturated heterocycles. The number of amides is 1. The van der Waals surface area contributed by atoms with Crippen LogP contribution in [-0.2, 0) is 16.0 Å². The third-order valence-corrected chi connectivity index (χ3v) is 7.72. The molecule has 2 N–H and O–H groups in total. The second kappa shape index (κ2) is 9.11. The summed E-state index contributed by atoms with van der Waals surface area (Å²) < 4.78 is 6.29. The molecule has 0 aliphatic carbocycles. The molecule has 1 fully saturated rings. The van der Waals surface area contributed by atoms with Crippen molar-refractivity contribution in [3.8, 4) is 0 Å². The van der Waals surface area contributed by atoms with E-state index in [0.717, 1.165) is 33.2 Å². The number of para-hydroxylation sites is 1. The van der Waals surface area contributed by atoms with Gasteiger partial charge in [-0.3, -0.25) is 4.90 Å². The second-order valence-corrected chi connectivity index (χ2v) is 10.8. The number of nitrogens with zero attached hydrogens (tertiary/aromatic N) is 1. The summed E-state index contributed by atoms with van der Waals surface area (Å²) in [6, 6.07) is 24.1. The normalized spacial score (nSPS) is 22.2. The first-order chi connectivity index (χ1) is 17.6. The molecule has 0 spiro atoms. The highest BCUT2D eigenvalue weighted by Gasteiger charge is 2.63. The maximum atomic E-state index is 14.2. The minimum atomic E-state index is -1.48. The number of aromatic nitrogens is 1. The predicted octanol–water partition coefficient (Wildman–Crippen LogP) is 6.82. The second-order valence-electron chi connectivity index (χ2n) is 10.8. The van der Waals surface area contributed by atoms with Crippen molar-refractivity contribution in [2.75, 3.05) is 0 Å². The van der Waals surface area contributed by atoms with Crippen LogP contribution in [0.25, 0.3) is 10.9 Å². The predicted molar refractivity (Wildman–Crippen MR) is 143 cm³/mol. The maximum absolute atomic E-state index is 14.2. The van der Waals surface area contributed by atoms with E-state index in [9.17, 15) is 14.7 Å². The lowest BCUT2D eigenvalue weighted by Gasteiger charge is -2.56. The maximum Gasteiger partial charge on any atom is 0.408 e. The molecule has 1 amide bonds. The van der Waals surface area contributed by atoms with Crippen molar-refractivity contribution in [3.05, 3.63) is 107 Å². The van der Waals surface area contributed by atoms with Gasteiger partial charge in [0.2, 0.25) is 0 Å². The van der Waals surface area contributed by atoms with Crippen molar-refractivity contribution in [1.29, 1.82) is 0 Å². The number of morpholine rings is 1. The minimum Gasteiger partial charge on any atom is -0.465 e. The number of hydrogen-bond acceptors (Lipinski definition) is 3. The van der Waals surface area contributed by atoms with E-state index in [4.69, 9.17) is 4.74 Å². The van der Waals surface area contributed by atoms with Crippen LogP contribution in [0.3, 0.4) is 0 Å². The van der Waals surface area contributed by atoms with Gasteiger partial charge < -0.3 is 14.8 Å². The lowest BCUT2D eigenvalue weighted by atomic mass is 9.66. The molecule has 4 aromatic rings. The van der Waals surface area contributed by atoms with E-state index in [1.165, 1.54) is 4.90 Å². The first-order valence-corrected chi connectivity index (χ1v) is 12.5. The van der Waals surface area contributed by atoms with Crippen LogP contribution >= 0.6 is 0 Å². The zero-order chi connectivity index (χ0) is 26.4. The van der Waals surface area contributed by atoms with Gasteiger partial charge in [0.15, 0.2) is 11.6 Å². The van der Waals surface area contributed by atoms with Gasteiger partial charge in [-0.25, -0.2) is 9.59 Å². The fourth-order valence-corrected chi connectivity index (χ4v) is 5.77. The number of cyclic esters (lactones) is 1. The fourth-order valence-electron chi connectivity index (χ4n) is 5.77. The van der Waals surface area contributed by atoms with Crippen LogP contribution in [0.2, 0.25) is 0 Å². The number of aryl methyl sites for hydroxylation is 1. The molecular weight excluding hydrogens is 464 g/mol. The number of benzene rings is 3. The number of carbonyl (C=O) groups is 2. The molecule has 0 radical (unpaired) electrons. The molecule has 5 rings (SSSR count). The van der Waals surface area contributed by atoms with Gasteiger partial charge >= 0.3 is 12.1 Å². The highest BCUT2D eigenvalue weighted by atomic mass is 16.6. The van der Waals surface area contributed by atoms with Gasteiger partial charge in [0.25, 0.3) is 0 Å². The lowest BCUT2D eigenvalue weighted by Crippen LogP contribution is -2.70. The Morgan fingerprint density at radius 1 is 0.973 bits per heavy atom. The Hall–Kier alpha value is -4.06. The highest BCUT2D eigenvalue weighted by molar-refractivity contribution is 5.91. The highest BCUT2D eigenvalue weighted by Crippen LogP contribution is 2.53. The number of fused-ring (bicyclic) bond motifs is 1. The van der Waals surface area contributed by atoms with E-state index in [2.05, 4.69) is 4.98 Å². The summed E-state index contributed by atoms with van der Waals surface area (Å²) in [7, 11) is 0. The number of ether oxygens (including phenoxy) is 1. The van der Waals surface area contributed by atoms with Crippen molar-refractivity contribution in [2.24, 2.45) is 5.41 Å². The van der Waals surface area contributed by atoms with Crippen LogP contribution in [0.15, 0.2) is 85.1 Å². The van der Waals surface area contributed by atoms with Gasteiger partial charge in [0.1, 0.15) is 6.04 Å². The van der Waals surface area contributed by atoms with Gasteiger partial charge in [0.05, 0.1) is 0 Å². The molecule has 0 unspecified atom stereocenters. The SMILES string of the molecule is Cc1cccc2c(C[C@@]3(C(C)(C)C)C(=O)O[C@@H](c4ccccc4)[C@@H](c4ccccc4)N3C(=O)O)c[nH]c12. The van der Waals surface area contributed by atoms with Gasteiger partial charge in [-0.2, -0.15) is 0 Å². The number of carboxylic acid groups (broad SMARTS) is 1. The number of carbonyl (C=O) groups excluding carboxylic acids is 1. The standard InChI is InChI=1S/C31H32N2O4/c1-20-12-11-17-24-23(19-32-25(20)24)18-31(30(2,3)4)28(34)37-27(22-15-9-6-10-16-22)26(33(31)29(35)36)21-13-7-5-8-14-21/h5-17,19,26-27,32H,18H2,1-4H3,(H,35,36)/t26-,27+,31+/m1/s1. The van der Waals surface area contributed by atoms with Crippen LogP contribution in [0.4, 0.5) is 4.79 Å². The van der Waals surface area contributed by atoms with E-state index in [0.29, 0.717) is 0 Å². The van der Waals surface area contributed by atoms with Gasteiger partial charge in [0, 0.05) is 23.5 Å². The van der Waals surface area contributed by atoms with E-state index in [1.54, 1.807) is 0 Å². The minimum absolute atomic E-state index is 0.177. The Morgan fingerprint density at radius 2 is 1.59 bits per heavy atom. The Morgan fingerprint density at radius 3 is 2.19 bits per heavy atom. The number of nitrogens with one attached hydrogen (secondary N) is 1. The molecule has 2 heterocycles. The first-order valence-electron chi connectivity index (χ1n) is 12.5. The molecule has 0 saturated carbocycles. The molecular formula is C31H32N2O4. The number of esters is 1. The average molecular weight is 497 g/mol. The molecule has 1 aliphatic rings. The average Bonchev–Trinajstić information content (AvgIpc) is 3.29. The van der Waals surface area contributed by atoms with Crippen LogP contribution in [-0.4, -0.2) is 32.6 Å². The molecule has 3 atom stereocenters. The van der Waals surface area contributed by atoms with Crippen molar-refractivity contribution >= 4 is 23.0 Å². The fraction of sp³-hybridized carbons (Fsp3) is 0.290. The Kier molecular flexibility index (Phi) is 6.06. The number of H-pyrrole nitrogens is 1. The molecule has 190 valence electrons. The van der Waals surface area contributed by atoms with Gasteiger partial charge in [-0.1, -0.05) is 99.6 Å². The summed E-state index contributed by atoms with van der Waals surface area (Å²) in [6.45, 7) is 7.76. The molecule has 1 aromatic heterocycles. The summed E-state index contributed by atoms with van der Waals surface area (Å²) in [5, 5.41) is 11.8. The Bertz CT molecular complexity index is 1440. The third kappa shape index (κ3) is 3.97. The van der Waals surface area contributed by atoms with Gasteiger partial charge in [-0.15, -0.1) is 0 Å². The van der Waals surface area contributed by atoms with Crippen LogP contribution < -0.4 is 0 Å². The van der Waals surface area contributed by atoms with E-state index < -0.39 is 35.2 Å². The number of rotatable bonds is 4. The largest absolute Gasteiger partial charge is 0.465 e. The van der Waals surface area contributed by atoms with E-state index in [-0.39, 0.29) is 6.42 Å². The quantitative estimate of drug-likeness (QED) is 0.304. The lowest BCUT2D eigenvalue weighted by molar-refractivity contribution is -0.198. The number of hydrogen-bond donors (Lipinski definition) is 2. The Labute approximate surface area is 216 Å². The monoisotopic (exact) mass is 496 g/mol. The van der Waals surface area contributed by atoms with E-state index in [1.807, 2.05) is 113 Å². The zero-order valence-corrected chi connectivity index (χ0v) is 21.6. The number of aromatic amines is 1. The summed E-state index contributed by atoms with van der Waals surface area (Å²) in [5.74, 6) is -0.537. The molecule has 3 aromatic carbocycles. The summed E-state index contributed by atoms with van der Waals surface area (Å²) in [5.41, 5.74) is 2.20. The summed E-state index contributed by atoms with van der Waals surface area (Å²) in [6.07, 6.45) is 0.125. The first kappa shape index (κ1) is 24.6. The van der Waals surface area contributed by atoms with Crippen molar-refractivity contribution in [3.63, 3.8) is 0 Å². The van der Waals surface area contributed by atoms with E-state index >= 15 is 0 Å². The summed E-state index contributed by atoms with van der Waals surface area (Å²) >= 11 is 0. The molecule has 1 aliphatic heterocycles. The van der Waals surface area contributed by atoms with Crippen molar-refractivity contribution in [2.45, 2.75) is 51.8 Å². The van der Waals surface area contributed by atoms with Crippen LogP contribution in [0, 0.1) is 12.3 Å². The third-order valence-electron chi connectivity index (χ3n) is 7.72.